The van der Waals surface area contributed by atoms with Crippen LogP contribution in [0.5, 0.6) is 0 Å². The van der Waals surface area contributed by atoms with Crippen LogP contribution in [0.25, 0.3) is 5.76 Å². The van der Waals surface area contributed by atoms with Crippen LogP contribution < -0.4 is 0 Å². The Morgan fingerprint density at radius 1 is 1.21 bits per heavy atom. The molecular formula is C13H14ClF2NO2. The molecule has 104 valence electrons. The van der Waals surface area contributed by atoms with E-state index in [1.165, 1.54) is 29.2 Å². The van der Waals surface area contributed by atoms with Crippen LogP contribution in [-0.4, -0.2) is 24.1 Å². The van der Waals surface area contributed by atoms with Crippen LogP contribution in [-0.2, 0) is 4.74 Å². The zero-order valence-corrected chi connectivity index (χ0v) is 11.4. The van der Waals surface area contributed by atoms with Gasteiger partial charge in [-0.1, -0.05) is 11.6 Å². The number of nitrogens with zero attached hydrogens (tertiary/aromatic N) is 1. The number of hydrogen-bond donors (Lipinski definition) is 0. The van der Waals surface area contributed by atoms with Gasteiger partial charge in [0, 0.05) is 23.7 Å². The topological polar surface area (TPSA) is 29.5 Å². The van der Waals surface area contributed by atoms with Crippen molar-refractivity contribution in [2.45, 2.75) is 13.8 Å². The standard InChI is InChI=1S/C13H14ClF2NO2/c1-3-17(4-2)13(18)19-11(12(15)16)9-5-7-10(14)8-6-9/h5-8H,3-4H2,1-2H3. The van der Waals surface area contributed by atoms with Crippen molar-refractivity contribution < 1.29 is 18.3 Å². The molecule has 1 aromatic carbocycles. The molecule has 0 aliphatic carbocycles. The van der Waals surface area contributed by atoms with Crippen molar-refractivity contribution in [3.63, 3.8) is 0 Å². The lowest BCUT2D eigenvalue weighted by molar-refractivity contribution is 0.145. The van der Waals surface area contributed by atoms with E-state index in [9.17, 15) is 13.6 Å². The highest BCUT2D eigenvalue weighted by Crippen LogP contribution is 2.24. The number of hydrogen-bond acceptors (Lipinski definition) is 2. The molecule has 0 saturated carbocycles. The number of halogens is 3. The van der Waals surface area contributed by atoms with Gasteiger partial charge in [0.2, 0.25) is 5.76 Å². The van der Waals surface area contributed by atoms with Gasteiger partial charge in [-0.05, 0) is 38.1 Å². The van der Waals surface area contributed by atoms with Gasteiger partial charge in [0.05, 0.1) is 0 Å². The first-order chi connectivity index (χ1) is 8.99. The van der Waals surface area contributed by atoms with Crippen molar-refractivity contribution in [3.8, 4) is 0 Å². The van der Waals surface area contributed by atoms with E-state index in [2.05, 4.69) is 0 Å². The molecule has 19 heavy (non-hydrogen) atoms. The monoisotopic (exact) mass is 289 g/mol. The Labute approximate surface area is 115 Å². The summed E-state index contributed by atoms with van der Waals surface area (Å²) in [6.07, 6.45) is -2.86. The third-order valence-corrected chi connectivity index (χ3v) is 2.74. The Kier molecular flexibility index (Phi) is 5.76. The number of ether oxygens (including phenoxy) is 1. The van der Waals surface area contributed by atoms with E-state index in [0.29, 0.717) is 18.1 Å². The molecule has 0 bridgehead atoms. The highest BCUT2D eigenvalue weighted by molar-refractivity contribution is 6.30. The van der Waals surface area contributed by atoms with Gasteiger partial charge in [-0.3, -0.25) is 0 Å². The molecule has 0 atom stereocenters. The maximum atomic E-state index is 12.9. The van der Waals surface area contributed by atoms with Crippen LogP contribution >= 0.6 is 11.6 Å². The second-order valence-electron chi connectivity index (χ2n) is 3.64. The first-order valence-corrected chi connectivity index (χ1v) is 6.15. The van der Waals surface area contributed by atoms with E-state index < -0.39 is 17.9 Å². The first-order valence-electron chi connectivity index (χ1n) is 5.77. The number of rotatable bonds is 4. The minimum absolute atomic E-state index is 0.102. The third kappa shape index (κ3) is 4.21. The Morgan fingerprint density at radius 2 is 1.74 bits per heavy atom. The molecule has 0 unspecified atom stereocenters. The van der Waals surface area contributed by atoms with Crippen molar-refractivity contribution in [3.05, 3.63) is 40.9 Å². The van der Waals surface area contributed by atoms with Gasteiger partial charge < -0.3 is 9.64 Å². The lowest BCUT2D eigenvalue weighted by atomic mass is 10.2. The SMILES string of the molecule is CCN(CC)C(=O)OC(=C(F)F)c1ccc(Cl)cc1. The molecule has 0 N–H and O–H groups in total. The molecular weight excluding hydrogens is 276 g/mol. The predicted octanol–water partition coefficient (Wildman–Crippen LogP) is 4.38. The van der Waals surface area contributed by atoms with Crippen LogP contribution in [0.3, 0.4) is 0 Å². The van der Waals surface area contributed by atoms with Gasteiger partial charge in [0.15, 0.2) is 0 Å². The average molecular weight is 290 g/mol. The van der Waals surface area contributed by atoms with Crippen molar-refractivity contribution in [1.82, 2.24) is 4.90 Å². The summed E-state index contributed by atoms with van der Waals surface area (Å²) in [5.41, 5.74) is 0.102. The minimum Gasteiger partial charge on any atom is -0.404 e. The highest BCUT2D eigenvalue weighted by atomic mass is 35.5. The van der Waals surface area contributed by atoms with Gasteiger partial charge in [-0.2, -0.15) is 8.78 Å². The molecule has 0 heterocycles. The molecule has 0 saturated heterocycles. The number of carbonyl (C=O) groups is 1. The lowest BCUT2D eigenvalue weighted by Gasteiger charge is -2.18. The fraction of sp³-hybridized carbons (Fsp3) is 0.308. The maximum absolute atomic E-state index is 12.9. The zero-order valence-electron chi connectivity index (χ0n) is 10.6. The van der Waals surface area contributed by atoms with Crippen LogP contribution in [0.4, 0.5) is 13.6 Å². The van der Waals surface area contributed by atoms with Crippen LogP contribution in [0.15, 0.2) is 30.3 Å². The summed E-state index contributed by atoms with van der Waals surface area (Å²) in [6.45, 7) is 4.25. The number of amides is 1. The molecule has 0 fully saturated rings. The molecule has 0 aromatic heterocycles. The van der Waals surface area contributed by atoms with E-state index in [0.717, 1.165) is 0 Å². The molecule has 1 rings (SSSR count). The van der Waals surface area contributed by atoms with E-state index in [1.807, 2.05) is 0 Å². The van der Waals surface area contributed by atoms with Crippen LogP contribution in [0, 0.1) is 0 Å². The Hall–Kier alpha value is -1.62. The minimum atomic E-state index is -2.05. The largest absolute Gasteiger partial charge is 0.415 e. The van der Waals surface area contributed by atoms with Gasteiger partial charge >= 0.3 is 12.2 Å². The van der Waals surface area contributed by atoms with Crippen molar-refractivity contribution >= 4 is 23.5 Å². The lowest BCUT2D eigenvalue weighted by Crippen LogP contribution is -2.30. The molecule has 0 spiro atoms. The summed E-state index contributed by atoms with van der Waals surface area (Å²) in [5, 5.41) is 0.414. The molecule has 1 aromatic rings. The Balaban J connectivity index is 2.95. The number of carbonyl (C=O) groups excluding carboxylic acids is 1. The quantitative estimate of drug-likeness (QED) is 0.770. The summed E-state index contributed by atoms with van der Waals surface area (Å²) in [5.74, 6) is -0.742. The van der Waals surface area contributed by atoms with Crippen molar-refractivity contribution in [1.29, 1.82) is 0 Å². The Bertz CT molecular complexity index is 466. The summed E-state index contributed by atoms with van der Waals surface area (Å²) < 4.78 is 30.5. The molecule has 1 amide bonds. The van der Waals surface area contributed by atoms with Crippen LogP contribution in [0.1, 0.15) is 19.4 Å². The fourth-order valence-electron chi connectivity index (χ4n) is 1.44. The summed E-state index contributed by atoms with van der Waals surface area (Å²) in [4.78, 5) is 13.0. The Morgan fingerprint density at radius 3 is 2.16 bits per heavy atom. The second kappa shape index (κ2) is 7.09. The van der Waals surface area contributed by atoms with Gasteiger partial charge in [0.25, 0.3) is 0 Å². The molecule has 0 aliphatic heterocycles. The van der Waals surface area contributed by atoms with Gasteiger partial charge in [-0.15, -0.1) is 0 Å². The molecule has 0 aliphatic rings. The first kappa shape index (κ1) is 15.4. The summed E-state index contributed by atoms with van der Waals surface area (Å²) >= 11 is 5.68. The highest BCUT2D eigenvalue weighted by Gasteiger charge is 2.19. The van der Waals surface area contributed by atoms with E-state index in [-0.39, 0.29) is 5.56 Å². The van der Waals surface area contributed by atoms with E-state index >= 15 is 0 Å². The van der Waals surface area contributed by atoms with Crippen molar-refractivity contribution in [2.24, 2.45) is 0 Å². The van der Waals surface area contributed by atoms with E-state index in [1.54, 1.807) is 13.8 Å². The fourth-order valence-corrected chi connectivity index (χ4v) is 1.57. The van der Waals surface area contributed by atoms with Gasteiger partial charge in [-0.25, -0.2) is 4.79 Å². The van der Waals surface area contributed by atoms with Crippen LogP contribution in [0.2, 0.25) is 5.02 Å². The second-order valence-corrected chi connectivity index (χ2v) is 4.07. The third-order valence-electron chi connectivity index (χ3n) is 2.49. The molecule has 6 heteroatoms. The zero-order chi connectivity index (χ0) is 14.4. The van der Waals surface area contributed by atoms with Gasteiger partial charge in [0.1, 0.15) is 0 Å². The number of benzene rings is 1. The molecule has 0 radical (unpaired) electrons. The van der Waals surface area contributed by atoms with E-state index in [4.69, 9.17) is 16.3 Å². The summed E-state index contributed by atoms with van der Waals surface area (Å²) in [6, 6.07) is 5.63. The summed E-state index contributed by atoms with van der Waals surface area (Å²) in [7, 11) is 0. The molecule has 3 nitrogen and oxygen atoms in total. The predicted molar refractivity (Wildman–Crippen MR) is 70.0 cm³/mol. The normalized spacial score (nSPS) is 9.95. The smallest absolute Gasteiger partial charge is 0.404 e. The maximum Gasteiger partial charge on any atom is 0.415 e. The average Bonchev–Trinajstić information content (AvgIpc) is 2.38. The van der Waals surface area contributed by atoms with Crippen molar-refractivity contribution in [2.75, 3.05) is 13.1 Å².